The summed E-state index contributed by atoms with van der Waals surface area (Å²) < 4.78 is 34.7. The van der Waals surface area contributed by atoms with Crippen molar-refractivity contribution in [3.05, 3.63) is 60.9 Å². The third kappa shape index (κ3) is 4.04. The predicted octanol–water partition coefficient (Wildman–Crippen LogP) is 3.23. The summed E-state index contributed by atoms with van der Waals surface area (Å²) in [4.78, 5) is 4.19. The Labute approximate surface area is 151 Å². The molecule has 26 heavy (non-hydrogen) atoms. The lowest BCUT2D eigenvalue weighted by Crippen LogP contribution is -1.99. The summed E-state index contributed by atoms with van der Waals surface area (Å²) >= 11 is 0. The molecule has 0 unspecified atom stereocenters. The summed E-state index contributed by atoms with van der Waals surface area (Å²) in [5.74, 6) is 1.64. The molecule has 0 spiro atoms. The topological polar surface area (TPSA) is 118 Å². The number of benzene rings is 2. The molecule has 8 heteroatoms. The van der Waals surface area contributed by atoms with Crippen molar-refractivity contribution in [3.8, 4) is 23.0 Å². The molecule has 3 rings (SSSR count). The van der Waals surface area contributed by atoms with Crippen LogP contribution in [0.1, 0.15) is 0 Å². The molecule has 0 saturated heterocycles. The number of nitrogens with zero attached hydrogens (tertiary/aromatic N) is 1. The lowest BCUT2D eigenvalue weighted by molar-refractivity contribution is 0.418. The fourth-order valence-electron chi connectivity index (χ4n) is 2.17. The molecule has 0 aliphatic rings. The van der Waals surface area contributed by atoms with E-state index in [1.54, 1.807) is 48.8 Å². The zero-order valence-electron chi connectivity index (χ0n) is 13.9. The number of aromatic nitrogens is 1. The molecular weight excluding hydrogens is 354 g/mol. The minimum Gasteiger partial charge on any atom is -0.453 e. The number of anilines is 2. The third-order valence-electron chi connectivity index (χ3n) is 3.49. The molecule has 0 amide bonds. The minimum absolute atomic E-state index is 0.202. The Morgan fingerprint density at radius 2 is 1.46 bits per heavy atom. The summed E-state index contributed by atoms with van der Waals surface area (Å²) in [6.07, 6.45) is 4.32. The smallest absolute Gasteiger partial charge is 0.175 e. The second-order valence-corrected chi connectivity index (χ2v) is 7.58. The maximum atomic E-state index is 11.5. The van der Waals surface area contributed by atoms with Crippen LogP contribution in [0.2, 0.25) is 0 Å². The first kappa shape index (κ1) is 17.6. The Morgan fingerprint density at radius 3 is 1.96 bits per heavy atom. The molecule has 0 radical (unpaired) electrons. The molecule has 0 fully saturated rings. The largest absolute Gasteiger partial charge is 0.453 e. The van der Waals surface area contributed by atoms with E-state index in [1.807, 2.05) is 0 Å². The molecule has 0 aliphatic carbocycles. The standard InChI is InChI=1S/C18H17N3O4S/c1-26(22,23)14-6-4-12(5-7-14)24-17-9-15(19)16(20)10-18(17)25-13-3-2-8-21-11-13/h2-11H,19-20H2,1H3. The van der Waals surface area contributed by atoms with E-state index in [9.17, 15) is 8.42 Å². The second kappa shape index (κ2) is 6.93. The first-order valence-corrected chi connectivity index (χ1v) is 9.47. The summed E-state index contributed by atoms with van der Waals surface area (Å²) in [5, 5.41) is 0. The van der Waals surface area contributed by atoms with Crippen LogP contribution < -0.4 is 20.9 Å². The zero-order valence-corrected chi connectivity index (χ0v) is 14.7. The van der Waals surface area contributed by atoms with Gasteiger partial charge in [-0.1, -0.05) is 0 Å². The number of hydrogen-bond donors (Lipinski definition) is 2. The summed E-state index contributed by atoms with van der Waals surface area (Å²) in [6.45, 7) is 0. The van der Waals surface area contributed by atoms with Crippen molar-refractivity contribution < 1.29 is 17.9 Å². The number of rotatable bonds is 5. The van der Waals surface area contributed by atoms with Crippen LogP contribution in [0.3, 0.4) is 0 Å². The van der Waals surface area contributed by atoms with Crippen molar-refractivity contribution in [1.82, 2.24) is 4.98 Å². The first-order chi connectivity index (χ1) is 12.3. The van der Waals surface area contributed by atoms with E-state index in [0.29, 0.717) is 34.4 Å². The Balaban J connectivity index is 1.92. The van der Waals surface area contributed by atoms with Crippen LogP contribution in [0.25, 0.3) is 0 Å². The number of pyridine rings is 1. The van der Waals surface area contributed by atoms with Crippen LogP contribution in [0.5, 0.6) is 23.0 Å². The van der Waals surface area contributed by atoms with Gasteiger partial charge in [-0.3, -0.25) is 4.98 Å². The number of nitrogens with two attached hydrogens (primary N) is 2. The van der Waals surface area contributed by atoms with Gasteiger partial charge in [0.2, 0.25) is 0 Å². The van der Waals surface area contributed by atoms with Gasteiger partial charge in [0.05, 0.1) is 22.5 Å². The third-order valence-corrected chi connectivity index (χ3v) is 4.62. The quantitative estimate of drug-likeness (QED) is 0.661. The van der Waals surface area contributed by atoms with Crippen molar-refractivity contribution >= 4 is 21.2 Å². The van der Waals surface area contributed by atoms with E-state index in [0.717, 1.165) is 6.26 Å². The van der Waals surface area contributed by atoms with E-state index in [4.69, 9.17) is 20.9 Å². The van der Waals surface area contributed by atoms with Crippen LogP contribution >= 0.6 is 0 Å². The Hall–Kier alpha value is -3.26. The summed E-state index contributed by atoms with van der Waals surface area (Å²) in [5.41, 5.74) is 12.4. The number of ether oxygens (including phenoxy) is 2. The Bertz CT molecular complexity index is 1020. The lowest BCUT2D eigenvalue weighted by Gasteiger charge is -2.14. The highest BCUT2D eigenvalue weighted by molar-refractivity contribution is 7.90. The number of nitrogen functional groups attached to an aromatic ring is 2. The van der Waals surface area contributed by atoms with E-state index >= 15 is 0 Å². The maximum absolute atomic E-state index is 11.5. The van der Waals surface area contributed by atoms with Gasteiger partial charge in [0, 0.05) is 24.6 Å². The Kier molecular flexibility index (Phi) is 4.68. The van der Waals surface area contributed by atoms with Crippen LogP contribution in [0, 0.1) is 0 Å². The van der Waals surface area contributed by atoms with E-state index in [1.165, 1.54) is 12.1 Å². The number of sulfone groups is 1. The molecule has 0 saturated carbocycles. The van der Waals surface area contributed by atoms with Gasteiger partial charge in [-0.25, -0.2) is 8.42 Å². The lowest BCUT2D eigenvalue weighted by atomic mass is 10.2. The van der Waals surface area contributed by atoms with Gasteiger partial charge in [-0.15, -0.1) is 0 Å². The zero-order chi connectivity index (χ0) is 18.7. The maximum Gasteiger partial charge on any atom is 0.175 e. The van der Waals surface area contributed by atoms with Crippen molar-refractivity contribution in [3.63, 3.8) is 0 Å². The van der Waals surface area contributed by atoms with Crippen molar-refractivity contribution in [2.45, 2.75) is 4.90 Å². The average Bonchev–Trinajstić information content (AvgIpc) is 2.60. The van der Waals surface area contributed by atoms with Crippen molar-refractivity contribution in [1.29, 1.82) is 0 Å². The molecule has 1 aromatic heterocycles. The normalized spacial score (nSPS) is 11.1. The van der Waals surface area contributed by atoms with Gasteiger partial charge in [-0.05, 0) is 36.4 Å². The Morgan fingerprint density at radius 1 is 0.885 bits per heavy atom. The van der Waals surface area contributed by atoms with Gasteiger partial charge in [0.15, 0.2) is 21.3 Å². The minimum atomic E-state index is -3.28. The average molecular weight is 371 g/mol. The molecule has 1 heterocycles. The fraction of sp³-hybridized carbons (Fsp3) is 0.0556. The van der Waals surface area contributed by atoms with Crippen LogP contribution in [0.4, 0.5) is 11.4 Å². The van der Waals surface area contributed by atoms with Gasteiger partial charge >= 0.3 is 0 Å². The fourth-order valence-corrected chi connectivity index (χ4v) is 2.80. The molecule has 0 atom stereocenters. The van der Waals surface area contributed by atoms with E-state index < -0.39 is 9.84 Å². The summed E-state index contributed by atoms with van der Waals surface area (Å²) in [7, 11) is -3.28. The summed E-state index contributed by atoms with van der Waals surface area (Å²) in [6, 6.07) is 12.6. The van der Waals surface area contributed by atoms with Crippen LogP contribution in [-0.4, -0.2) is 19.7 Å². The number of hydrogen-bond acceptors (Lipinski definition) is 7. The molecule has 134 valence electrons. The molecule has 3 aromatic rings. The molecule has 4 N–H and O–H groups in total. The molecule has 0 bridgehead atoms. The first-order valence-electron chi connectivity index (χ1n) is 7.58. The highest BCUT2D eigenvalue weighted by Crippen LogP contribution is 2.39. The van der Waals surface area contributed by atoms with E-state index in [2.05, 4.69) is 4.98 Å². The SMILES string of the molecule is CS(=O)(=O)c1ccc(Oc2cc(N)c(N)cc2Oc2cccnc2)cc1. The highest BCUT2D eigenvalue weighted by Gasteiger charge is 2.13. The highest BCUT2D eigenvalue weighted by atomic mass is 32.2. The van der Waals surface area contributed by atoms with Gasteiger partial charge < -0.3 is 20.9 Å². The van der Waals surface area contributed by atoms with Crippen molar-refractivity contribution in [2.24, 2.45) is 0 Å². The van der Waals surface area contributed by atoms with E-state index in [-0.39, 0.29) is 4.90 Å². The molecule has 2 aromatic carbocycles. The van der Waals surface area contributed by atoms with Gasteiger partial charge in [0.25, 0.3) is 0 Å². The van der Waals surface area contributed by atoms with Gasteiger partial charge in [0.1, 0.15) is 11.5 Å². The van der Waals surface area contributed by atoms with Crippen molar-refractivity contribution in [2.75, 3.05) is 17.7 Å². The monoisotopic (exact) mass is 371 g/mol. The molecular formula is C18H17N3O4S. The predicted molar refractivity (Wildman–Crippen MR) is 99.2 cm³/mol. The second-order valence-electron chi connectivity index (χ2n) is 5.56. The van der Waals surface area contributed by atoms with Crippen LogP contribution in [0.15, 0.2) is 65.8 Å². The molecule has 0 aliphatic heterocycles. The van der Waals surface area contributed by atoms with Crippen LogP contribution in [-0.2, 0) is 9.84 Å². The molecule has 7 nitrogen and oxygen atoms in total. The van der Waals surface area contributed by atoms with Gasteiger partial charge in [-0.2, -0.15) is 0 Å².